The summed E-state index contributed by atoms with van der Waals surface area (Å²) in [4.78, 5) is 20.2. The van der Waals surface area contributed by atoms with Gasteiger partial charge >= 0.3 is 5.97 Å². The van der Waals surface area contributed by atoms with E-state index in [2.05, 4.69) is 0 Å². The summed E-state index contributed by atoms with van der Waals surface area (Å²) >= 11 is 0. The minimum atomic E-state index is -1.14. The molecular weight excluding hydrogens is 188 g/mol. The molecule has 0 heterocycles. The van der Waals surface area contributed by atoms with Crippen LogP contribution >= 0.6 is 0 Å². The number of carboxylic acid groups (broad SMARTS) is 1. The maximum absolute atomic E-state index is 10.5. The predicted octanol–water partition coefficient (Wildman–Crippen LogP) is 0.744. The maximum atomic E-state index is 10.5. The summed E-state index contributed by atoms with van der Waals surface area (Å²) < 4.78 is 0. The molecular formula is C8H8N2O4. The molecule has 0 aliphatic heterocycles. The average Bonchev–Trinajstić information content (AvgIpc) is 2.01. The Labute approximate surface area is 79.1 Å². The molecule has 6 nitrogen and oxygen atoms in total. The second kappa shape index (κ2) is 3.73. The van der Waals surface area contributed by atoms with Gasteiger partial charge in [0.25, 0.3) is 0 Å². The van der Waals surface area contributed by atoms with Crippen molar-refractivity contribution in [1.82, 2.24) is 0 Å². The van der Waals surface area contributed by atoms with Gasteiger partial charge in [0.1, 0.15) is 0 Å². The minimum absolute atomic E-state index is 0.0388. The number of rotatable bonds is 3. The molecule has 0 aliphatic rings. The van der Waals surface area contributed by atoms with Crippen LogP contribution < -0.4 is 5.73 Å². The number of anilines is 1. The number of benzene rings is 1. The van der Waals surface area contributed by atoms with E-state index in [0.717, 1.165) is 0 Å². The number of nitro groups is 1. The van der Waals surface area contributed by atoms with Gasteiger partial charge < -0.3 is 10.8 Å². The van der Waals surface area contributed by atoms with E-state index in [-0.39, 0.29) is 17.8 Å². The van der Waals surface area contributed by atoms with E-state index in [0.29, 0.717) is 5.56 Å². The van der Waals surface area contributed by atoms with Crippen LogP contribution in [-0.4, -0.2) is 16.0 Å². The number of nitrogens with two attached hydrogens (primary N) is 1. The van der Waals surface area contributed by atoms with Crippen LogP contribution in [0.4, 0.5) is 5.69 Å². The molecule has 0 saturated heterocycles. The number of hydrogen-bond acceptors (Lipinski definition) is 4. The first-order valence-electron chi connectivity index (χ1n) is 3.74. The summed E-state index contributed by atoms with van der Waals surface area (Å²) in [5.41, 5.74) is 5.78. The maximum Gasteiger partial charge on any atom is 0.337 e. The van der Waals surface area contributed by atoms with E-state index in [4.69, 9.17) is 10.8 Å². The minimum Gasteiger partial charge on any atom is -0.478 e. The van der Waals surface area contributed by atoms with Crippen molar-refractivity contribution in [2.45, 2.75) is 6.54 Å². The zero-order chi connectivity index (χ0) is 10.7. The highest BCUT2D eigenvalue weighted by atomic mass is 16.6. The Morgan fingerprint density at radius 3 is 2.64 bits per heavy atom. The Morgan fingerprint density at radius 1 is 1.57 bits per heavy atom. The van der Waals surface area contributed by atoms with Crippen molar-refractivity contribution in [3.8, 4) is 0 Å². The standard InChI is InChI=1S/C8H8N2O4/c9-7-3-5(4-10(13)14)1-2-6(7)8(11)12/h1-3H,4,9H2,(H,11,12). The van der Waals surface area contributed by atoms with Crippen molar-refractivity contribution in [1.29, 1.82) is 0 Å². The first-order chi connectivity index (χ1) is 6.50. The molecule has 3 N–H and O–H groups in total. The highest BCUT2D eigenvalue weighted by Crippen LogP contribution is 2.14. The van der Waals surface area contributed by atoms with Gasteiger partial charge in [0, 0.05) is 16.2 Å². The van der Waals surface area contributed by atoms with Crippen molar-refractivity contribution in [3.05, 3.63) is 39.4 Å². The summed E-state index contributed by atoms with van der Waals surface area (Å²) in [6.07, 6.45) is 0. The van der Waals surface area contributed by atoms with E-state index in [1.807, 2.05) is 0 Å². The fourth-order valence-corrected chi connectivity index (χ4v) is 1.05. The molecule has 0 spiro atoms. The fraction of sp³-hybridized carbons (Fsp3) is 0.125. The molecule has 1 rings (SSSR count). The monoisotopic (exact) mass is 196 g/mol. The largest absolute Gasteiger partial charge is 0.478 e. The van der Waals surface area contributed by atoms with Gasteiger partial charge in [-0.3, -0.25) is 10.1 Å². The summed E-state index contributed by atoms with van der Waals surface area (Å²) in [6, 6.07) is 3.94. The molecule has 6 heteroatoms. The van der Waals surface area contributed by atoms with Crippen LogP contribution in [-0.2, 0) is 6.54 Å². The van der Waals surface area contributed by atoms with Crippen LogP contribution in [0.5, 0.6) is 0 Å². The molecule has 1 aromatic rings. The normalized spacial score (nSPS) is 9.71. The predicted molar refractivity (Wildman–Crippen MR) is 48.5 cm³/mol. The van der Waals surface area contributed by atoms with Crippen LogP contribution in [0, 0.1) is 10.1 Å². The number of nitrogen functional groups attached to an aromatic ring is 1. The van der Waals surface area contributed by atoms with Gasteiger partial charge in [-0.2, -0.15) is 0 Å². The highest BCUT2D eigenvalue weighted by Gasteiger charge is 2.09. The van der Waals surface area contributed by atoms with Crippen molar-refractivity contribution in [3.63, 3.8) is 0 Å². The van der Waals surface area contributed by atoms with E-state index in [1.54, 1.807) is 0 Å². The molecule has 14 heavy (non-hydrogen) atoms. The second-order valence-corrected chi connectivity index (χ2v) is 2.72. The van der Waals surface area contributed by atoms with Gasteiger partial charge in [-0.15, -0.1) is 0 Å². The van der Waals surface area contributed by atoms with Crippen LogP contribution in [0.3, 0.4) is 0 Å². The summed E-state index contributed by atoms with van der Waals surface area (Å²) in [5, 5.41) is 18.8. The van der Waals surface area contributed by atoms with Gasteiger partial charge in [-0.1, -0.05) is 6.07 Å². The van der Waals surface area contributed by atoms with Gasteiger partial charge in [0.2, 0.25) is 6.54 Å². The first-order valence-corrected chi connectivity index (χ1v) is 3.74. The SMILES string of the molecule is Nc1cc(C[N+](=O)[O-])ccc1C(=O)O. The zero-order valence-corrected chi connectivity index (χ0v) is 7.14. The topological polar surface area (TPSA) is 106 Å². The van der Waals surface area contributed by atoms with Crippen molar-refractivity contribution in [2.24, 2.45) is 0 Å². The molecule has 0 unspecified atom stereocenters. The smallest absolute Gasteiger partial charge is 0.337 e. The van der Waals surface area contributed by atoms with E-state index < -0.39 is 10.9 Å². The Hall–Kier alpha value is -2.11. The molecule has 0 aliphatic carbocycles. The molecule has 0 radical (unpaired) electrons. The molecule has 74 valence electrons. The number of nitrogens with zero attached hydrogens (tertiary/aromatic N) is 1. The van der Waals surface area contributed by atoms with Crippen LogP contribution in [0.1, 0.15) is 15.9 Å². The highest BCUT2D eigenvalue weighted by molar-refractivity contribution is 5.93. The average molecular weight is 196 g/mol. The lowest BCUT2D eigenvalue weighted by atomic mass is 10.1. The van der Waals surface area contributed by atoms with Crippen LogP contribution in [0.25, 0.3) is 0 Å². The number of aromatic carboxylic acids is 1. The molecule has 0 amide bonds. The molecule has 0 fully saturated rings. The fourth-order valence-electron chi connectivity index (χ4n) is 1.05. The lowest BCUT2D eigenvalue weighted by molar-refractivity contribution is -0.496. The molecule has 0 atom stereocenters. The number of carbonyl (C=O) groups is 1. The number of carboxylic acids is 1. The molecule has 1 aromatic carbocycles. The Balaban J connectivity index is 3.00. The molecule has 0 saturated carbocycles. The van der Waals surface area contributed by atoms with Gasteiger partial charge in [-0.05, 0) is 12.1 Å². The third-order valence-corrected chi connectivity index (χ3v) is 1.66. The van der Waals surface area contributed by atoms with Crippen LogP contribution in [0.15, 0.2) is 18.2 Å². The quantitative estimate of drug-likeness (QED) is 0.421. The first kappa shape index (κ1) is 9.97. The second-order valence-electron chi connectivity index (χ2n) is 2.72. The summed E-state index contributed by atoms with van der Waals surface area (Å²) in [5.74, 6) is -1.14. The van der Waals surface area contributed by atoms with E-state index in [9.17, 15) is 14.9 Å². The third kappa shape index (κ3) is 2.19. The Bertz CT molecular complexity index is 389. The summed E-state index contributed by atoms with van der Waals surface area (Å²) in [7, 11) is 0. The summed E-state index contributed by atoms with van der Waals surface area (Å²) in [6.45, 7) is -0.357. The third-order valence-electron chi connectivity index (χ3n) is 1.66. The van der Waals surface area contributed by atoms with E-state index in [1.165, 1.54) is 18.2 Å². The van der Waals surface area contributed by atoms with Gasteiger partial charge in [0.15, 0.2) is 0 Å². The van der Waals surface area contributed by atoms with Gasteiger partial charge in [-0.25, -0.2) is 4.79 Å². The Morgan fingerprint density at radius 2 is 2.21 bits per heavy atom. The van der Waals surface area contributed by atoms with Crippen molar-refractivity contribution < 1.29 is 14.8 Å². The lowest BCUT2D eigenvalue weighted by Gasteiger charge is -2.01. The number of hydrogen-bond donors (Lipinski definition) is 2. The van der Waals surface area contributed by atoms with E-state index >= 15 is 0 Å². The molecule has 0 bridgehead atoms. The van der Waals surface area contributed by atoms with Crippen molar-refractivity contribution >= 4 is 11.7 Å². The Kier molecular flexibility index (Phi) is 2.66. The van der Waals surface area contributed by atoms with Crippen LogP contribution in [0.2, 0.25) is 0 Å². The zero-order valence-electron chi connectivity index (χ0n) is 7.14. The molecule has 0 aromatic heterocycles. The van der Waals surface area contributed by atoms with Gasteiger partial charge in [0.05, 0.1) is 5.56 Å². The van der Waals surface area contributed by atoms with Crippen molar-refractivity contribution in [2.75, 3.05) is 5.73 Å². The lowest BCUT2D eigenvalue weighted by Crippen LogP contribution is -2.04.